The Morgan fingerprint density at radius 1 is 1.38 bits per heavy atom. The number of carbonyl (C=O) groups excluding carboxylic acids is 1. The smallest absolute Gasteiger partial charge is 0.224 e. The van der Waals surface area contributed by atoms with Crippen LogP contribution in [0, 0.1) is 5.92 Å². The first-order valence-corrected chi connectivity index (χ1v) is 6.90. The highest BCUT2D eigenvalue weighted by atomic mass is 32.2. The molecule has 0 bridgehead atoms. The zero-order valence-electron chi connectivity index (χ0n) is 10.9. The van der Waals surface area contributed by atoms with Gasteiger partial charge >= 0.3 is 0 Å². The van der Waals surface area contributed by atoms with E-state index in [0.29, 0.717) is 12.3 Å². The zero-order valence-corrected chi connectivity index (χ0v) is 11.7. The Morgan fingerprint density at radius 3 is 2.25 bits per heavy atom. The van der Waals surface area contributed by atoms with Gasteiger partial charge in [0.05, 0.1) is 0 Å². The first-order valence-electron chi connectivity index (χ1n) is 5.58. The molecule has 3 unspecified atom stereocenters. The van der Waals surface area contributed by atoms with Crippen LogP contribution in [-0.2, 0) is 15.6 Å². The topological polar surface area (TPSA) is 72.2 Å². The van der Waals surface area contributed by atoms with Gasteiger partial charge in [-0.15, -0.1) is 0 Å². The van der Waals surface area contributed by atoms with Crippen molar-refractivity contribution in [2.75, 3.05) is 12.3 Å². The van der Waals surface area contributed by atoms with E-state index in [1.165, 1.54) is 0 Å². The first kappa shape index (κ1) is 15.6. The van der Waals surface area contributed by atoms with Gasteiger partial charge in [0.15, 0.2) is 0 Å². The maximum absolute atomic E-state index is 11.7. The quantitative estimate of drug-likeness (QED) is 0.749. The highest BCUT2D eigenvalue weighted by Gasteiger charge is 2.20. The molecule has 0 saturated carbocycles. The first-order chi connectivity index (χ1) is 7.16. The fourth-order valence-electron chi connectivity index (χ4n) is 0.973. The summed E-state index contributed by atoms with van der Waals surface area (Å²) < 4.78 is 11.5. The van der Waals surface area contributed by atoms with Crippen LogP contribution in [0.1, 0.15) is 34.6 Å². The summed E-state index contributed by atoms with van der Waals surface area (Å²) in [5.74, 6) is 0.213. The predicted molar refractivity (Wildman–Crippen MR) is 68.6 cm³/mol. The molecule has 16 heavy (non-hydrogen) atoms. The van der Waals surface area contributed by atoms with E-state index in [1.807, 2.05) is 20.8 Å². The van der Waals surface area contributed by atoms with Crippen molar-refractivity contribution in [1.82, 2.24) is 5.32 Å². The van der Waals surface area contributed by atoms with Crippen LogP contribution >= 0.6 is 0 Å². The maximum Gasteiger partial charge on any atom is 0.224 e. The van der Waals surface area contributed by atoms with E-state index in [-0.39, 0.29) is 22.6 Å². The van der Waals surface area contributed by atoms with Crippen LogP contribution in [0.25, 0.3) is 0 Å². The van der Waals surface area contributed by atoms with Crippen molar-refractivity contribution in [3.63, 3.8) is 0 Å². The van der Waals surface area contributed by atoms with Gasteiger partial charge in [0.2, 0.25) is 5.91 Å². The second-order valence-electron chi connectivity index (χ2n) is 5.10. The molecule has 0 saturated heterocycles. The summed E-state index contributed by atoms with van der Waals surface area (Å²) >= 11 is 0. The Bertz CT molecular complexity index is 259. The number of hydrogen-bond donors (Lipinski definition) is 2. The molecule has 4 nitrogen and oxygen atoms in total. The maximum atomic E-state index is 11.7. The number of nitrogens with one attached hydrogen (secondary N) is 1. The predicted octanol–water partition coefficient (Wildman–Crippen LogP) is 0.633. The fraction of sp³-hybridized carbons (Fsp3) is 0.909. The molecule has 0 spiro atoms. The van der Waals surface area contributed by atoms with Crippen molar-refractivity contribution in [2.45, 2.75) is 45.4 Å². The van der Waals surface area contributed by atoms with Crippen molar-refractivity contribution in [3.8, 4) is 0 Å². The van der Waals surface area contributed by atoms with E-state index < -0.39 is 10.8 Å². The highest BCUT2D eigenvalue weighted by Crippen LogP contribution is 2.10. The third kappa shape index (κ3) is 5.61. The number of amides is 1. The SMILES string of the molecule is CC(N)C(C)C(=O)NCCS(=O)C(C)(C)C. The van der Waals surface area contributed by atoms with E-state index in [1.54, 1.807) is 13.8 Å². The number of carbonyl (C=O) groups is 1. The molecule has 0 aliphatic carbocycles. The third-order valence-corrected chi connectivity index (χ3v) is 4.41. The molecular formula is C11H24N2O2S. The Labute approximate surface area is 101 Å². The lowest BCUT2D eigenvalue weighted by molar-refractivity contribution is -0.124. The Hall–Kier alpha value is -0.420. The Kier molecular flexibility index (Phi) is 6.18. The zero-order chi connectivity index (χ0) is 12.9. The summed E-state index contributed by atoms with van der Waals surface area (Å²) in [5, 5.41) is 2.75. The lowest BCUT2D eigenvalue weighted by atomic mass is 10.0. The van der Waals surface area contributed by atoms with E-state index in [9.17, 15) is 9.00 Å². The number of nitrogens with two attached hydrogens (primary N) is 1. The number of rotatable bonds is 5. The summed E-state index contributed by atoms with van der Waals surface area (Å²) in [6.45, 7) is 9.82. The molecule has 5 heteroatoms. The second kappa shape index (κ2) is 6.35. The summed E-state index contributed by atoms with van der Waals surface area (Å²) in [7, 11) is -0.924. The summed E-state index contributed by atoms with van der Waals surface area (Å²) in [6.07, 6.45) is 0. The minimum atomic E-state index is -0.924. The molecule has 0 rings (SSSR count). The standard InChI is InChI=1S/C11H24N2O2S/c1-8(9(2)12)10(14)13-6-7-16(15)11(3,4)5/h8-9H,6-7,12H2,1-5H3,(H,13,14). The van der Waals surface area contributed by atoms with Gasteiger partial charge in [-0.1, -0.05) is 6.92 Å². The Balaban J connectivity index is 3.92. The summed E-state index contributed by atoms with van der Waals surface area (Å²) in [5.41, 5.74) is 5.62. The van der Waals surface area contributed by atoms with Crippen LogP contribution in [0.5, 0.6) is 0 Å². The molecule has 0 heterocycles. The molecule has 0 aliphatic rings. The molecule has 0 aromatic heterocycles. The van der Waals surface area contributed by atoms with Crippen molar-refractivity contribution < 1.29 is 9.00 Å². The molecule has 0 radical (unpaired) electrons. The van der Waals surface area contributed by atoms with Gasteiger partial charge in [0, 0.05) is 39.8 Å². The second-order valence-corrected chi connectivity index (χ2v) is 7.42. The van der Waals surface area contributed by atoms with Gasteiger partial charge in [-0.2, -0.15) is 0 Å². The van der Waals surface area contributed by atoms with Gasteiger partial charge in [0.25, 0.3) is 0 Å². The minimum absolute atomic E-state index is 0.0686. The fourth-order valence-corrected chi connectivity index (χ4v) is 1.87. The molecule has 0 fully saturated rings. The van der Waals surface area contributed by atoms with Crippen molar-refractivity contribution in [2.24, 2.45) is 11.7 Å². The van der Waals surface area contributed by atoms with Gasteiger partial charge in [0.1, 0.15) is 0 Å². The summed E-state index contributed by atoms with van der Waals surface area (Å²) in [4.78, 5) is 11.5. The van der Waals surface area contributed by atoms with E-state index >= 15 is 0 Å². The molecule has 3 N–H and O–H groups in total. The van der Waals surface area contributed by atoms with Crippen molar-refractivity contribution in [3.05, 3.63) is 0 Å². The lowest BCUT2D eigenvalue weighted by Gasteiger charge is -2.19. The molecule has 96 valence electrons. The van der Waals surface area contributed by atoms with Crippen LogP contribution in [0.4, 0.5) is 0 Å². The van der Waals surface area contributed by atoms with Gasteiger partial charge in [-0.05, 0) is 27.7 Å². The average Bonchev–Trinajstić information content (AvgIpc) is 2.14. The van der Waals surface area contributed by atoms with Gasteiger partial charge < -0.3 is 11.1 Å². The van der Waals surface area contributed by atoms with Crippen LogP contribution in [-0.4, -0.2) is 33.2 Å². The van der Waals surface area contributed by atoms with E-state index in [2.05, 4.69) is 5.32 Å². The minimum Gasteiger partial charge on any atom is -0.355 e. The molecule has 3 atom stereocenters. The van der Waals surface area contributed by atoms with Crippen LogP contribution in [0.2, 0.25) is 0 Å². The number of hydrogen-bond acceptors (Lipinski definition) is 3. The molecular weight excluding hydrogens is 224 g/mol. The molecule has 0 aliphatic heterocycles. The highest BCUT2D eigenvalue weighted by molar-refractivity contribution is 7.86. The van der Waals surface area contributed by atoms with E-state index in [4.69, 9.17) is 5.73 Å². The average molecular weight is 248 g/mol. The van der Waals surface area contributed by atoms with Crippen LogP contribution in [0.3, 0.4) is 0 Å². The van der Waals surface area contributed by atoms with Crippen LogP contribution in [0.15, 0.2) is 0 Å². The van der Waals surface area contributed by atoms with E-state index in [0.717, 1.165) is 0 Å². The third-order valence-electron chi connectivity index (χ3n) is 2.47. The summed E-state index contributed by atoms with van der Waals surface area (Å²) in [6, 6.07) is -0.159. The Morgan fingerprint density at radius 2 is 1.88 bits per heavy atom. The van der Waals surface area contributed by atoms with Crippen LogP contribution < -0.4 is 11.1 Å². The largest absolute Gasteiger partial charge is 0.355 e. The van der Waals surface area contributed by atoms with Gasteiger partial charge in [-0.3, -0.25) is 9.00 Å². The molecule has 1 amide bonds. The molecule has 0 aromatic rings. The van der Waals surface area contributed by atoms with Gasteiger partial charge in [-0.25, -0.2) is 0 Å². The monoisotopic (exact) mass is 248 g/mol. The molecule has 0 aromatic carbocycles. The normalized spacial score (nSPS) is 17.6. The van der Waals surface area contributed by atoms with Crippen molar-refractivity contribution >= 4 is 16.7 Å². The van der Waals surface area contributed by atoms with Crippen molar-refractivity contribution in [1.29, 1.82) is 0 Å². The lowest BCUT2D eigenvalue weighted by Crippen LogP contribution is -2.40.